The number of benzene rings is 2. The summed E-state index contributed by atoms with van der Waals surface area (Å²) in [5, 5.41) is 2.82. The summed E-state index contributed by atoms with van der Waals surface area (Å²) in [5.74, 6) is 0.837. The van der Waals surface area contributed by atoms with E-state index in [4.69, 9.17) is 10.5 Å². The fourth-order valence-electron chi connectivity index (χ4n) is 1.79. The number of nitrogens with two attached hydrogens (primary N) is 1. The summed E-state index contributed by atoms with van der Waals surface area (Å²) in [5.41, 5.74) is 8.10. The number of nitrogen functional groups attached to an aromatic ring is 1. The molecule has 2 aromatic rings. The number of carbonyl (C=O) groups is 1. The van der Waals surface area contributed by atoms with Gasteiger partial charge in [-0.05, 0) is 37.3 Å². The Morgan fingerprint density at radius 2 is 1.95 bits per heavy atom. The van der Waals surface area contributed by atoms with Crippen molar-refractivity contribution in [3.05, 3.63) is 48.0 Å². The molecule has 2 rings (SSSR count). The highest BCUT2D eigenvalue weighted by molar-refractivity contribution is 8.00. The van der Waals surface area contributed by atoms with Crippen LogP contribution in [0.15, 0.2) is 47.4 Å². The van der Waals surface area contributed by atoms with E-state index in [0.717, 1.165) is 4.90 Å². The van der Waals surface area contributed by atoms with Crippen molar-refractivity contribution in [2.45, 2.75) is 11.8 Å². The Labute approximate surface area is 128 Å². The van der Waals surface area contributed by atoms with E-state index in [0.29, 0.717) is 22.9 Å². The van der Waals surface area contributed by atoms with E-state index in [1.165, 1.54) is 17.3 Å². The topological polar surface area (TPSA) is 64.3 Å². The molecule has 0 heterocycles. The van der Waals surface area contributed by atoms with Gasteiger partial charge in [-0.15, -0.1) is 11.8 Å². The molecule has 3 N–H and O–H groups in total. The number of ether oxygens (including phenoxy) is 1. The van der Waals surface area contributed by atoms with Gasteiger partial charge in [-0.3, -0.25) is 4.79 Å². The Kier molecular flexibility index (Phi) is 5.11. The molecule has 0 aliphatic heterocycles. The number of hydrogen-bond acceptors (Lipinski definition) is 4. The summed E-state index contributed by atoms with van der Waals surface area (Å²) < 4.78 is 5.20. The van der Waals surface area contributed by atoms with Gasteiger partial charge in [0.05, 0.1) is 18.6 Å². The first-order chi connectivity index (χ1) is 10.1. The molecule has 0 aliphatic carbocycles. The Morgan fingerprint density at radius 3 is 2.62 bits per heavy atom. The van der Waals surface area contributed by atoms with Gasteiger partial charge in [0.25, 0.3) is 0 Å². The van der Waals surface area contributed by atoms with Crippen LogP contribution in [0.1, 0.15) is 5.56 Å². The van der Waals surface area contributed by atoms with E-state index in [1.54, 1.807) is 25.3 Å². The molecule has 5 heteroatoms. The highest BCUT2D eigenvalue weighted by Crippen LogP contribution is 2.27. The lowest BCUT2D eigenvalue weighted by molar-refractivity contribution is -0.113. The molecule has 0 spiro atoms. The number of amides is 1. The molecule has 1 amide bonds. The number of anilines is 2. The minimum atomic E-state index is -0.0931. The van der Waals surface area contributed by atoms with Gasteiger partial charge in [-0.1, -0.05) is 17.7 Å². The van der Waals surface area contributed by atoms with E-state index in [1.807, 2.05) is 31.2 Å². The van der Waals surface area contributed by atoms with Gasteiger partial charge < -0.3 is 15.8 Å². The van der Waals surface area contributed by atoms with Crippen LogP contribution in [0.4, 0.5) is 11.4 Å². The second-order valence-corrected chi connectivity index (χ2v) is 5.66. The zero-order valence-electron chi connectivity index (χ0n) is 12.1. The number of thioether (sulfide) groups is 1. The maximum atomic E-state index is 12.0. The molecule has 0 aromatic heterocycles. The van der Waals surface area contributed by atoms with Crippen LogP contribution in [0.5, 0.6) is 5.75 Å². The SMILES string of the molecule is COc1ccc(N)cc1NC(=O)CSc1ccc(C)cc1. The minimum absolute atomic E-state index is 0.0931. The Balaban J connectivity index is 1.95. The molecule has 0 atom stereocenters. The molecule has 0 aliphatic rings. The average molecular weight is 302 g/mol. The molecule has 110 valence electrons. The minimum Gasteiger partial charge on any atom is -0.495 e. The predicted octanol–water partition coefficient (Wildman–Crippen LogP) is 3.32. The molecule has 21 heavy (non-hydrogen) atoms. The van der Waals surface area contributed by atoms with Crippen LogP contribution < -0.4 is 15.8 Å². The molecule has 0 saturated heterocycles. The van der Waals surface area contributed by atoms with Gasteiger partial charge in [-0.25, -0.2) is 0 Å². The standard InChI is InChI=1S/C16H18N2O2S/c1-11-3-6-13(7-4-11)21-10-16(19)18-14-9-12(17)5-8-15(14)20-2/h3-9H,10,17H2,1-2H3,(H,18,19). The van der Waals surface area contributed by atoms with Crippen LogP contribution in [0.25, 0.3) is 0 Å². The van der Waals surface area contributed by atoms with Crippen molar-refractivity contribution in [1.29, 1.82) is 0 Å². The van der Waals surface area contributed by atoms with Crippen molar-refractivity contribution in [3.8, 4) is 5.75 Å². The number of hydrogen-bond donors (Lipinski definition) is 2. The number of aryl methyl sites for hydroxylation is 1. The Hall–Kier alpha value is -2.14. The zero-order chi connectivity index (χ0) is 15.2. The lowest BCUT2D eigenvalue weighted by Gasteiger charge is -2.10. The van der Waals surface area contributed by atoms with Crippen molar-refractivity contribution < 1.29 is 9.53 Å². The number of methoxy groups -OCH3 is 1. The summed E-state index contributed by atoms with van der Waals surface area (Å²) >= 11 is 1.49. The maximum absolute atomic E-state index is 12.0. The monoisotopic (exact) mass is 302 g/mol. The van der Waals surface area contributed by atoms with Crippen LogP contribution in [-0.2, 0) is 4.79 Å². The van der Waals surface area contributed by atoms with Crippen molar-refractivity contribution in [2.24, 2.45) is 0 Å². The van der Waals surface area contributed by atoms with Gasteiger partial charge in [0.15, 0.2) is 0 Å². The Bertz CT molecular complexity index is 627. The van der Waals surface area contributed by atoms with Gasteiger partial charge >= 0.3 is 0 Å². The van der Waals surface area contributed by atoms with Crippen molar-refractivity contribution in [3.63, 3.8) is 0 Å². The third-order valence-electron chi connectivity index (χ3n) is 2.89. The molecule has 0 unspecified atom stereocenters. The van der Waals surface area contributed by atoms with Crippen LogP contribution in [0.3, 0.4) is 0 Å². The first kappa shape index (κ1) is 15.3. The molecule has 0 fully saturated rings. The summed E-state index contributed by atoms with van der Waals surface area (Å²) in [6, 6.07) is 13.2. The van der Waals surface area contributed by atoms with Crippen LogP contribution >= 0.6 is 11.8 Å². The predicted molar refractivity (Wildman–Crippen MR) is 87.9 cm³/mol. The second kappa shape index (κ2) is 7.04. The molecular formula is C16H18N2O2S. The van der Waals surface area contributed by atoms with Gasteiger partial charge in [0.2, 0.25) is 5.91 Å². The highest BCUT2D eigenvalue weighted by atomic mass is 32.2. The summed E-state index contributed by atoms with van der Waals surface area (Å²) in [7, 11) is 1.56. The third kappa shape index (κ3) is 4.43. The fraction of sp³-hybridized carbons (Fsp3) is 0.188. The first-order valence-electron chi connectivity index (χ1n) is 6.51. The third-order valence-corrected chi connectivity index (χ3v) is 3.90. The van der Waals surface area contributed by atoms with E-state index >= 15 is 0 Å². The van der Waals surface area contributed by atoms with E-state index in [2.05, 4.69) is 5.32 Å². The van der Waals surface area contributed by atoms with Gasteiger partial charge in [0, 0.05) is 10.6 Å². The zero-order valence-corrected chi connectivity index (χ0v) is 12.9. The van der Waals surface area contributed by atoms with Crippen LogP contribution in [0.2, 0.25) is 0 Å². The summed E-state index contributed by atoms with van der Waals surface area (Å²) in [6.07, 6.45) is 0. The quantitative estimate of drug-likeness (QED) is 0.657. The molecule has 0 bridgehead atoms. The fourth-order valence-corrected chi connectivity index (χ4v) is 2.49. The van der Waals surface area contributed by atoms with E-state index in [-0.39, 0.29) is 5.91 Å². The molecule has 0 saturated carbocycles. The molecular weight excluding hydrogens is 284 g/mol. The highest BCUT2D eigenvalue weighted by Gasteiger charge is 2.08. The summed E-state index contributed by atoms with van der Waals surface area (Å²) in [4.78, 5) is 13.1. The van der Waals surface area contributed by atoms with Crippen LogP contribution in [0, 0.1) is 6.92 Å². The molecule has 4 nitrogen and oxygen atoms in total. The normalized spacial score (nSPS) is 10.2. The van der Waals surface area contributed by atoms with E-state index < -0.39 is 0 Å². The Morgan fingerprint density at radius 1 is 1.24 bits per heavy atom. The maximum Gasteiger partial charge on any atom is 0.234 e. The molecule has 2 aromatic carbocycles. The van der Waals surface area contributed by atoms with Crippen molar-refractivity contribution in [2.75, 3.05) is 23.9 Å². The number of carbonyl (C=O) groups excluding carboxylic acids is 1. The van der Waals surface area contributed by atoms with Gasteiger partial charge in [-0.2, -0.15) is 0 Å². The smallest absolute Gasteiger partial charge is 0.234 e. The first-order valence-corrected chi connectivity index (χ1v) is 7.50. The largest absolute Gasteiger partial charge is 0.495 e. The van der Waals surface area contributed by atoms with Crippen LogP contribution in [-0.4, -0.2) is 18.8 Å². The van der Waals surface area contributed by atoms with Gasteiger partial charge in [0.1, 0.15) is 5.75 Å². The number of rotatable bonds is 5. The van der Waals surface area contributed by atoms with Crippen molar-refractivity contribution in [1.82, 2.24) is 0 Å². The summed E-state index contributed by atoms with van der Waals surface area (Å²) in [6.45, 7) is 2.03. The lowest BCUT2D eigenvalue weighted by atomic mass is 10.2. The molecule has 0 radical (unpaired) electrons. The average Bonchev–Trinajstić information content (AvgIpc) is 2.47. The van der Waals surface area contributed by atoms with Crippen molar-refractivity contribution >= 4 is 29.0 Å². The second-order valence-electron chi connectivity index (χ2n) is 4.61. The van der Waals surface area contributed by atoms with E-state index in [9.17, 15) is 4.79 Å². The number of nitrogens with one attached hydrogen (secondary N) is 1. The lowest BCUT2D eigenvalue weighted by Crippen LogP contribution is -2.14.